The van der Waals surface area contributed by atoms with Crippen molar-refractivity contribution >= 4 is 11.6 Å². The first kappa shape index (κ1) is 15.2. The molecule has 0 aliphatic heterocycles. The summed E-state index contributed by atoms with van der Waals surface area (Å²) in [6.07, 6.45) is 0.167. The standard InChI is InChI=1S/C17H20N2O2/c1-12(20)15-4-2-3-5-16(15)19-17(21)14-8-6-13(7-9-14)10-11-18/h2-9,12,20H,10-11,18H2,1H3,(H,19,21). The van der Waals surface area contributed by atoms with Gasteiger partial charge in [-0.2, -0.15) is 0 Å². The molecule has 0 bridgehead atoms. The van der Waals surface area contributed by atoms with E-state index >= 15 is 0 Å². The Morgan fingerprint density at radius 2 is 1.86 bits per heavy atom. The number of aliphatic hydroxyl groups excluding tert-OH is 1. The van der Waals surface area contributed by atoms with Gasteiger partial charge in [-0.05, 0) is 43.7 Å². The largest absolute Gasteiger partial charge is 0.389 e. The molecule has 0 saturated heterocycles. The molecule has 1 atom stereocenters. The van der Waals surface area contributed by atoms with Crippen LogP contribution in [0.1, 0.15) is 34.5 Å². The summed E-state index contributed by atoms with van der Waals surface area (Å²) in [6.45, 7) is 2.26. The highest BCUT2D eigenvalue weighted by molar-refractivity contribution is 6.04. The molecule has 0 radical (unpaired) electrons. The number of anilines is 1. The highest BCUT2D eigenvalue weighted by Crippen LogP contribution is 2.22. The number of aliphatic hydroxyl groups is 1. The summed E-state index contributed by atoms with van der Waals surface area (Å²) >= 11 is 0. The normalized spacial score (nSPS) is 12.0. The minimum atomic E-state index is -0.631. The molecule has 2 aromatic rings. The maximum absolute atomic E-state index is 12.2. The van der Waals surface area contributed by atoms with Gasteiger partial charge in [0.25, 0.3) is 5.91 Å². The third-order valence-corrected chi connectivity index (χ3v) is 3.31. The van der Waals surface area contributed by atoms with E-state index in [9.17, 15) is 9.90 Å². The summed E-state index contributed by atoms with van der Waals surface area (Å²) in [5.41, 5.74) is 8.52. The second-order valence-corrected chi connectivity index (χ2v) is 4.95. The van der Waals surface area contributed by atoms with E-state index < -0.39 is 6.10 Å². The van der Waals surface area contributed by atoms with Gasteiger partial charge in [-0.25, -0.2) is 0 Å². The summed E-state index contributed by atoms with van der Waals surface area (Å²) in [4.78, 5) is 12.2. The maximum Gasteiger partial charge on any atom is 0.255 e. The number of carbonyl (C=O) groups is 1. The molecule has 0 heterocycles. The van der Waals surface area contributed by atoms with E-state index in [4.69, 9.17) is 5.73 Å². The van der Waals surface area contributed by atoms with E-state index in [-0.39, 0.29) is 5.91 Å². The molecule has 0 fully saturated rings. The molecular formula is C17H20N2O2. The number of hydrogen-bond donors (Lipinski definition) is 3. The second-order valence-electron chi connectivity index (χ2n) is 4.95. The molecule has 0 aliphatic carbocycles. The predicted octanol–water partition coefficient (Wildman–Crippen LogP) is 2.49. The van der Waals surface area contributed by atoms with E-state index in [1.54, 1.807) is 31.2 Å². The zero-order chi connectivity index (χ0) is 15.2. The van der Waals surface area contributed by atoms with Gasteiger partial charge < -0.3 is 16.2 Å². The monoisotopic (exact) mass is 284 g/mol. The minimum Gasteiger partial charge on any atom is -0.389 e. The Morgan fingerprint density at radius 3 is 2.48 bits per heavy atom. The van der Waals surface area contributed by atoms with Crippen molar-refractivity contribution < 1.29 is 9.90 Å². The molecule has 21 heavy (non-hydrogen) atoms. The van der Waals surface area contributed by atoms with Crippen LogP contribution in [-0.4, -0.2) is 17.6 Å². The van der Waals surface area contributed by atoms with Crippen molar-refractivity contribution in [3.05, 3.63) is 65.2 Å². The first-order valence-corrected chi connectivity index (χ1v) is 6.99. The summed E-state index contributed by atoms with van der Waals surface area (Å²) in [7, 11) is 0. The van der Waals surface area contributed by atoms with Crippen LogP contribution < -0.4 is 11.1 Å². The van der Waals surface area contributed by atoms with Gasteiger partial charge in [0.05, 0.1) is 6.10 Å². The SMILES string of the molecule is CC(O)c1ccccc1NC(=O)c1ccc(CCN)cc1. The van der Waals surface area contributed by atoms with E-state index in [1.807, 2.05) is 24.3 Å². The molecule has 1 amide bonds. The molecule has 2 rings (SSSR count). The van der Waals surface area contributed by atoms with Gasteiger partial charge >= 0.3 is 0 Å². The number of amides is 1. The van der Waals surface area contributed by atoms with Crippen LogP contribution in [-0.2, 0) is 6.42 Å². The highest BCUT2D eigenvalue weighted by atomic mass is 16.3. The number of nitrogens with two attached hydrogens (primary N) is 1. The van der Waals surface area contributed by atoms with Crippen molar-refractivity contribution in [1.29, 1.82) is 0 Å². The fraction of sp³-hybridized carbons (Fsp3) is 0.235. The number of hydrogen-bond acceptors (Lipinski definition) is 3. The van der Waals surface area contributed by atoms with Crippen LogP contribution in [0, 0.1) is 0 Å². The summed E-state index contributed by atoms with van der Waals surface area (Å²) < 4.78 is 0. The van der Waals surface area contributed by atoms with Gasteiger partial charge in [0.1, 0.15) is 0 Å². The lowest BCUT2D eigenvalue weighted by Gasteiger charge is -2.13. The van der Waals surface area contributed by atoms with Gasteiger partial charge in [0.2, 0.25) is 0 Å². The summed E-state index contributed by atoms with van der Waals surface area (Å²) in [6, 6.07) is 14.6. The van der Waals surface area contributed by atoms with Crippen molar-refractivity contribution in [3.63, 3.8) is 0 Å². The summed E-state index contributed by atoms with van der Waals surface area (Å²) in [5.74, 6) is -0.192. The van der Waals surface area contributed by atoms with Crippen LogP contribution in [0.25, 0.3) is 0 Å². The molecule has 0 aromatic heterocycles. The Labute approximate surface area is 124 Å². The number of benzene rings is 2. The van der Waals surface area contributed by atoms with Crippen LogP contribution >= 0.6 is 0 Å². The maximum atomic E-state index is 12.2. The molecular weight excluding hydrogens is 264 g/mol. The van der Waals surface area contributed by atoms with E-state index in [2.05, 4.69) is 5.32 Å². The van der Waals surface area contributed by atoms with Crippen molar-refractivity contribution in [3.8, 4) is 0 Å². The zero-order valence-corrected chi connectivity index (χ0v) is 12.0. The van der Waals surface area contributed by atoms with Crippen molar-refractivity contribution in [2.75, 3.05) is 11.9 Å². The van der Waals surface area contributed by atoms with Crippen LogP contribution in [0.4, 0.5) is 5.69 Å². The number of nitrogens with one attached hydrogen (secondary N) is 1. The van der Waals surface area contributed by atoms with Crippen LogP contribution in [0.15, 0.2) is 48.5 Å². The van der Waals surface area contributed by atoms with Gasteiger partial charge in [-0.15, -0.1) is 0 Å². The lowest BCUT2D eigenvalue weighted by atomic mass is 10.1. The lowest BCUT2D eigenvalue weighted by Crippen LogP contribution is -2.14. The number of para-hydroxylation sites is 1. The molecule has 0 saturated carbocycles. The first-order valence-electron chi connectivity index (χ1n) is 6.99. The van der Waals surface area contributed by atoms with Crippen LogP contribution in [0.5, 0.6) is 0 Å². The molecule has 2 aromatic carbocycles. The number of carbonyl (C=O) groups excluding carboxylic acids is 1. The lowest BCUT2D eigenvalue weighted by molar-refractivity contribution is 0.102. The first-order chi connectivity index (χ1) is 10.1. The Balaban J connectivity index is 2.14. The van der Waals surface area contributed by atoms with Crippen molar-refractivity contribution in [2.45, 2.75) is 19.4 Å². The molecule has 4 nitrogen and oxygen atoms in total. The average Bonchev–Trinajstić information content (AvgIpc) is 2.48. The highest BCUT2D eigenvalue weighted by Gasteiger charge is 2.11. The zero-order valence-electron chi connectivity index (χ0n) is 12.0. The Kier molecular flexibility index (Phi) is 5.09. The van der Waals surface area contributed by atoms with Crippen LogP contribution in [0.3, 0.4) is 0 Å². The molecule has 0 spiro atoms. The third-order valence-electron chi connectivity index (χ3n) is 3.31. The minimum absolute atomic E-state index is 0.192. The Bertz CT molecular complexity index is 606. The van der Waals surface area contributed by atoms with Gasteiger partial charge in [-0.1, -0.05) is 30.3 Å². The third kappa shape index (κ3) is 3.90. The van der Waals surface area contributed by atoms with Crippen LogP contribution in [0.2, 0.25) is 0 Å². The van der Waals surface area contributed by atoms with E-state index in [0.29, 0.717) is 23.4 Å². The molecule has 0 aliphatic rings. The number of rotatable bonds is 5. The quantitative estimate of drug-likeness (QED) is 0.789. The van der Waals surface area contributed by atoms with Crippen molar-refractivity contribution in [2.24, 2.45) is 5.73 Å². The fourth-order valence-corrected chi connectivity index (χ4v) is 2.16. The second kappa shape index (κ2) is 7.02. The smallest absolute Gasteiger partial charge is 0.255 e. The van der Waals surface area contributed by atoms with Gasteiger partial charge in [0, 0.05) is 16.8 Å². The van der Waals surface area contributed by atoms with Gasteiger partial charge in [-0.3, -0.25) is 4.79 Å². The summed E-state index contributed by atoms with van der Waals surface area (Å²) in [5, 5.41) is 12.6. The molecule has 4 N–H and O–H groups in total. The van der Waals surface area contributed by atoms with Gasteiger partial charge in [0.15, 0.2) is 0 Å². The van der Waals surface area contributed by atoms with Crippen molar-refractivity contribution in [1.82, 2.24) is 0 Å². The molecule has 110 valence electrons. The van der Waals surface area contributed by atoms with E-state index in [0.717, 1.165) is 12.0 Å². The fourth-order valence-electron chi connectivity index (χ4n) is 2.16. The predicted molar refractivity (Wildman–Crippen MR) is 84.2 cm³/mol. The Morgan fingerprint density at radius 1 is 1.19 bits per heavy atom. The molecule has 1 unspecified atom stereocenters. The average molecular weight is 284 g/mol. The Hall–Kier alpha value is -2.17. The topological polar surface area (TPSA) is 75.3 Å². The van der Waals surface area contributed by atoms with E-state index in [1.165, 1.54) is 0 Å². The molecule has 4 heteroatoms.